The van der Waals surface area contributed by atoms with Gasteiger partial charge in [0.2, 0.25) is 11.8 Å². The summed E-state index contributed by atoms with van der Waals surface area (Å²) in [6, 6.07) is 6.21. The Bertz CT molecular complexity index is 736. The molecule has 1 aliphatic heterocycles. The third-order valence-electron chi connectivity index (χ3n) is 4.30. The molecule has 0 bridgehead atoms. The van der Waals surface area contributed by atoms with Gasteiger partial charge in [-0.2, -0.15) is 0 Å². The number of carbonyl (C=O) groups excluding carboxylic acids is 2. The molecule has 7 heteroatoms. The van der Waals surface area contributed by atoms with Crippen molar-refractivity contribution in [2.45, 2.75) is 25.8 Å². The van der Waals surface area contributed by atoms with Crippen molar-refractivity contribution in [3.63, 3.8) is 0 Å². The third-order valence-corrected chi connectivity index (χ3v) is 4.93. The number of amides is 2. The summed E-state index contributed by atoms with van der Waals surface area (Å²) >= 11 is 1.53. The standard InChI is InChI=1S/C18H20FN3O2S/c19-15-3-1-2-13(8-15)9-22-10-14(4-5-17(22)23)18(24)20-7-6-16-11-25-12-21-16/h1-3,8,11-12,14H,4-7,9-10H2,(H,20,24). The highest BCUT2D eigenvalue weighted by Gasteiger charge is 2.30. The fourth-order valence-corrected chi connectivity index (χ4v) is 3.55. The molecule has 0 aliphatic carbocycles. The highest BCUT2D eigenvalue weighted by molar-refractivity contribution is 7.07. The van der Waals surface area contributed by atoms with Gasteiger partial charge in [-0.1, -0.05) is 12.1 Å². The van der Waals surface area contributed by atoms with E-state index in [1.165, 1.54) is 23.5 Å². The monoisotopic (exact) mass is 361 g/mol. The molecule has 1 fully saturated rings. The van der Waals surface area contributed by atoms with Gasteiger partial charge in [-0.05, 0) is 24.1 Å². The highest BCUT2D eigenvalue weighted by Crippen LogP contribution is 2.20. The van der Waals surface area contributed by atoms with Gasteiger partial charge in [0.25, 0.3) is 0 Å². The zero-order valence-electron chi connectivity index (χ0n) is 13.8. The molecule has 0 saturated carbocycles. The molecule has 1 saturated heterocycles. The zero-order valence-corrected chi connectivity index (χ0v) is 14.6. The lowest BCUT2D eigenvalue weighted by molar-refractivity contribution is -0.138. The van der Waals surface area contributed by atoms with E-state index in [0.29, 0.717) is 38.9 Å². The molecule has 2 heterocycles. The SMILES string of the molecule is O=C(NCCc1cscn1)C1CCC(=O)N(Cc2cccc(F)c2)C1. The number of piperidine rings is 1. The molecule has 1 aliphatic rings. The second-order valence-corrected chi connectivity index (χ2v) is 6.88. The number of halogens is 1. The van der Waals surface area contributed by atoms with Crippen molar-refractivity contribution in [3.8, 4) is 0 Å². The first-order valence-electron chi connectivity index (χ1n) is 8.29. The number of hydrogen-bond donors (Lipinski definition) is 1. The molecule has 2 amide bonds. The molecular formula is C18H20FN3O2S. The van der Waals surface area contributed by atoms with E-state index in [9.17, 15) is 14.0 Å². The zero-order chi connectivity index (χ0) is 17.6. The lowest BCUT2D eigenvalue weighted by Crippen LogP contribution is -2.45. The number of hydrogen-bond acceptors (Lipinski definition) is 4. The van der Waals surface area contributed by atoms with Crippen LogP contribution in [0.15, 0.2) is 35.2 Å². The molecule has 132 valence electrons. The first-order valence-corrected chi connectivity index (χ1v) is 9.23. The quantitative estimate of drug-likeness (QED) is 0.859. The van der Waals surface area contributed by atoms with Gasteiger partial charge in [0.1, 0.15) is 5.82 Å². The molecule has 1 atom stereocenters. The number of aromatic nitrogens is 1. The van der Waals surface area contributed by atoms with Crippen LogP contribution in [0.1, 0.15) is 24.1 Å². The number of nitrogens with one attached hydrogen (secondary N) is 1. The van der Waals surface area contributed by atoms with Crippen molar-refractivity contribution in [3.05, 3.63) is 52.2 Å². The van der Waals surface area contributed by atoms with Crippen LogP contribution >= 0.6 is 11.3 Å². The second kappa shape index (κ2) is 8.20. The van der Waals surface area contributed by atoms with Crippen LogP contribution < -0.4 is 5.32 Å². The van der Waals surface area contributed by atoms with Gasteiger partial charge >= 0.3 is 0 Å². The van der Waals surface area contributed by atoms with Gasteiger partial charge in [0.05, 0.1) is 17.1 Å². The maximum absolute atomic E-state index is 13.3. The molecule has 1 unspecified atom stereocenters. The van der Waals surface area contributed by atoms with E-state index in [0.717, 1.165) is 11.3 Å². The van der Waals surface area contributed by atoms with Crippen molar-refractivity contribution < 1.29 is 14.0 Å². The van der Waals surface area contributed by atoms with Gasteiger partial charge in [-0.25, -0.2) is 9.37 Å². The first-order chi connectivity index (χ1) is 12.1. The second-order valence-electron chi connectivity index (χ2n) is 6.16. The molecule has 1 aromatic carbocycles. The summed E-state index contributed by atoms with van der Waals surface area (Å²) in [5.74, 6) is -0.567. The fraction of sp³-hybridized carbons (Fsp3) is 0.389. The number of nitrogens with zero attached hydrogens (tertiary/aromatic N) is 2. The van der Waals surface area contributed by atoms with Gasteiger partial charge in [-0.3, -0.25) is 9.59 Å². The molecule has 0 spiro atoms. The summed E-state index contributed by atoms with van der Waals surface area (Å²) < 4.78 is 13.3. The van der Waals surface area contributed by atoms with Crippen LogP contribution in [0.2, 0.25) is 0 Å². The molecule has 1 N–H and O–H groups in total. The Kier molecular flexibility index (Phi) is 5.75. The van der Waals surface area contributed by atoms with Crippen LogP contribution in [0.5, 0.6) is 0 Å². The predicted octanol–water partition coefficient (Wildman–Crippen LogP) is 2.38. The van der Waals surface area contributed by atoms with E-state index >= 15 is 0 Å². The van der Waals surface area contributed by atoms with E-state index in [1.54, 1.807) is 22.5 Å². The highest BCUT2D eigenvalue weighted by atomic mass is 32.1. The summed E-state index contributed by atoms with van der Waals surface area (Å²) in [6.07, 6.45) is 1.61. The van der Waals surface area contributed by atoms with E-state index in [1.807, 2.05) is 5.38 Å². The minimum Gasteiger partial charge on any atom is -0.355 e. The Morgan fingerprint density at radius 2 is 2.32 bits per heavy atom. The van der Waals surface area contributed by atoms with Gasteiger partial charge in [0.15, 0.2) is 0 Å². The number of carbonyl (C=O) groups is 2. The molecular weight excluding hydrogens is 341 g/mol. The summed E-state index contributed by atoms with van der Waals surface area (Å²) in [7, 11) is 0. The number of benzene rings is 1. The van der Waals surface area contributed by atoms with Crippen LogP contribution in [0.4, 0.5) is 4.39 Å². The Morgan fingerprint density at radius 1 is 1.44 bits per heavy atom. The first kappa shape index (κ1) is 17.5. The molecule has 0 radical (unpaired) electrons. The predicted molar refractivity (Wildman–Crippen MR) is 93.4 cm³/mol. The van der Waals surface area contributed by atoms with E-state index in [-0.39, 0.29) is 23.5 Å². The van der Waals surface area contributed by atoms with Crippen LogP contribution in [0.3, 0.4) is 0 Å². The molecule has 1 aromatic heterocycles. The van der Waals surface area contributed by atoms with Gasteiger partial charge in [-0.15, -0.1) is 11.3 Å². The maximum atomic E-state index is 13.3. The maximum Gasteiger partial charge on any atom is 0.224 e. The Hall–Kier alpha value is -2.28. The van der Waals surface area contributed by atoms with Gasteiger partial charge < -0.3 is 10.2 Å². The summed E-state index contributed by atoms with van der Waals surface area (Å²) in [5, 5.41) is 4.89. The Labute approximate surface area is 149 Å². The topological polar surface area (TPSA) is 62.3 Å². The number of thiazole rings is 1. The summed E-state index contributed by atoms with van der Waals surface area (Å²) in [5.41, 5.74) is 3.48. The number of likely N-dealkylation sites (tertiary alicyclic amines) is 1. The minimum absolute atomic E-state index is 0.00999. The normalized spacial score (nSPS) is 17.6. The van der Waals surface area contributed by atoms with Crippen LogP contribution in [-0.2, 0) is 22.6 Å². The van der Waals surface area contributed by atoms with E-state index in [4.69, 9.17) is 0 Å². The molecule has 2 aromatic rings. The van der Waals surface area contributed by atoms with Gasteiger partial charge in [0, 0.05) is 37.9 Å². The smallest absolute Gasteiger partial charge is 0.224 e. The largest absolute Gasteiger partial charge is 0.355 e. The third kappa shape index (κ3) is 4.85. The van der Waals surface area contributed by atoms with Crippen LogP contribution in [0.25, 0.3) is 0 Å². The fourth-order valence-electron chi connectivity index (χ4n) is 2.96. The average molecular weight is 361 g/mol. The lowest BCUT2D eigenvalue weighted by atomic mass is 9.96. The van der Waals surface area contributed by atoms with Crippen LogP contribution in [0, 0.1) is 11.7 Å². The summed E-state index contributed by atoms with van der Waals surface area (Å²) in [4.78, 5) is 30.3. The molecule has 3 rings (SSSR count). The Balaban J connectivity index is 1.52. The Morgan fingerprint density at radius 3 is 3.08 bits per heavy atom. The minimum atomic E-state index is -0.321. The summed E-state index contributed by atoms with van der Waals surface area (Å²) in [6.45, 7) is 1.24. The molecule has 5 nitrogen and oxygen atoms in total. The lowest BCUT2D eigenvalue weighted by Gasteiger charge is -2.32. The van der Waals surface area contributed by atoms with E-state index < -0.39 is 0 Å². The van der Waals surface area contributed by atoms with Crippen molar-refractivity contribution in [1.29, 1.82) is 0 Å². The average Bonchev–Trinajstić information content (AvgIpc) is 3.10. The van der Waals surface area contributed by atoms with Crippen molar-refractivity contribution in [2.75, 3.05) is 13.1 Å². The van der Waals surface area contributed by atoms with Crippen molar-refractivity contribution >= 4 is 23.2 Å². The molecule has 25 heavy (non-hydrogen) atoms. The van der Waals surface area contributed by atoms with Crippen LogP contribution in [-0.4, -0.2) is 34.8 Å². The number of rotatable bonds is 6. The van der Waals surface area contributed by atoms with E-state index in [2.05, 4.69) is 10.3 Å². The van der Waals surface area contributed by atoms with Crippen molar-refractivity contribution in [2.24, 2.45) is 5.92 Å². The van der Waals surface area contributed by atoms with Crippen molar-refractivity contribution in [1.82, 2.24) is 15.2 Å².